The van der Waals surface area contributed by atoms with Crippen molar-refractivity contribution in [2.45, 2.75) is 40.5 Å². The van der Waals surface area contributed by atoms with Gasteiger partial charge in [-0.3, -0.25) is 0 Å². The molecule has 1 rings (SSSR count). The van der Waals surface area contributed by atoms with Crippen LogP contribution in [-0.2, 0) is 4.74 Å². The Morgan fingerprint density at radius 3 is 2.12 bits per heavy atom. The molecular formula is C15H24O. The lowest BCUT2D eigenvalue weighted by Gasteiger charge is -2.26. The van der Waals surface area contributed by atoms with Crippen molar-refractivity contribution in [3.05, 3.63) is 34.9 Å². The average Bonchev–Trinajstić information content (AvgIpc) is 2.30. The zero-order valence-corrected chi connectivity index (χ0v) is 11.1. The summed E-state index contributed by atoms with van der Waals surface area (Å²) in [5.74, 6) is 0.674. The van der Waals surface area contributed by atoms with Gasteiger partial charge in [0.1, 0.15) is 0 Å². The normalized spacial score (nSPS) is 20.6. The molecule has 1 heterocycles. The zero-order valence-electron chi connectivity index (χ0n) is 11.1. The largest absolute Gasteiger partial charge is 0.381 e. The highest BCUT2D eigenvalue weighted by atomic mass is 16.5. The molecule has 16 heavy (non-hydrogen) atoms. The summed E-state index contributed by atoms with van der Waals surface area (Å²) in [6.07, 6.45) is 4.57. The van der Waals surface area contributed by atoms with E-state index >= 15 is 0 Å². The van der Waals surface area contributed by atoms with Crippen molar-refractivity contribution in [2.75, 3.05) is 13.2 Å². The first-order valence-corrected chi connectivity index (χ1v) is 6.15. The first kappa shape index (κ1) is 13.2. The lowest BCUT2D eigenvalue weighted by Crippen LogP contribution is -2.18. The van der Waals surface area contributed by atoms with Gasteiger partial charge in [-0.2, -0.15) is 0 Å². The fourth-order valence-corrected chi connectivity index (χ4v) is 2.30. The molecule has 1 aliphatic rings. The highest BCUT2D eigenvalue weighted by molar-refractivity contribution is 5.41. The van der Waals surface area contributed by atoms with Gasteiger partial charge in [0.2, 0.25) is 0 Å². The van der Waals surface area contributed by atoms with Crippen LogP contribution in [0.25, 0.3) is 0 Å². The van der Waals surface area contributed by atoms with Gasteiger partial charge < -0.3 is 4.74 Å². The van der Waals surface area contributed by atoms with E-state index in [4.69, 9.17) is 4.74 Å². The fraction of sp³-hybridized carbons (Fsp3) is 0.600. The first-order chi connectivity index (χ1) is 7.57. The molecule has 1 nitrogen and oxygen atoms in total. The van der Waals surface area contributed by atoms with E-state index in [2.05, 4.69) is 40.3 Å². The Balaban J connectivity index is 2.90. The Kier molecular flexibility index (Phi) is 5.01. The van der Waals surface area contributed by atoms with Gasteiger partial charge in [0.05, 0.1) is 0 Å². The van der Waals surface area contributed by atoms with Crippen LogP contribution in [0, 0.1) is 5.92 Å². The van der Waals surface area contributed by atoms with Gasteiger partial charge >= 0.3 is 0 Å². The maximum absolute atomic E-state index is 5.42. The van der Waals surface area contributed by atoms with E-state index in [0.717, 1.165) is 26.1 Å². The maximum atomic E-state index is 5.42. The van der Waals surface area contributed by atoms with E-state index < -0.39 is 0 Å². The quantitative estimate of drug-likeness (QED) is 0.645. The van der Waals surface area contributed by atoms with Crippen molar-refractivity contribution in [1.29, 1.82) is 0 Å². The summed E-state index contributed by atoms with van der Waals surface area (Å²) in [6, 6.07) is 0. The molecule has 1 heteroatoms. The summed E-state index contributed by atoms with van der Waals surface area (Å²) in [6.45, 7) is 14.4. The molecule has 1 fully saturated rings. The molecule has 0 N–H and O–H groups in total. The maximum Gasteiger partial charge on any atom is 0.0471 e. The van der Waals surface area contributed by atoms with Crippen LogP contribution in [0.4, 0.5) is 0 Å². The molecule has 90 valence electrons. The minimum atomic E-state index is 0.674. The van der Waals surface area contributed by atoms with Gasteiger partial charge in [-0.05, 0) is 63.2 Å². The first-order valence-electron chi connectivity index (χ1n) is 6.15. The Morgan fingerprint density at radius 1 is 1.12 bits per heavy atom. The van der Waals surface area contributed by atoms with E-state index in [-0.39, 0.29) is 0 Å². The molecule has 0 spiro atoms. The monoisotopic (exact) mass is 220 g/mol. The lowest BCUT2D eigenvalue weighted by atomic mass is 9.84. The summed E-state index contributed by atoms with van der Waals surface area (Å²) < 4.78 is 5.42. The van der Waals surface area contributed by atoms with Crippen LogP contribution in [-0.4, -0.2) is 13.2 Å². The van der Waals surface area contributed by atoms with E-state index in [9.17, 15) is 0 Å². The molecule has 0 aliphatic carbocycles. The van der Waals surface area contributed by atoms with Crippen molar-refractivity contribution in [3.8, 4) is 0 Å². The molecule has 0 aromatic heterocycles. The fourth-order valence-electron chi connectivity index (χ4n) is 2.30. The molecule has 0 aromatic rings. The molecule has 1 saturated heterocycles. The second kappa shape index (κ2) is 6.05. The van der Waals surface area contributed by atoms with Crippen LogP contribution in [0.3, 0.4) is 0 Å². The highest BCUT2D eigenvalue weighted by Gasteiger charge is 2.19. The van der Waals surface area contributed by atoms with Gasteiger partial charge in [-0.1, -0.05) is 18.2 Å². The van der Waals surface area contributed by atoms with Gasteiger partial charge in [0.15, 0.2) is 0 Å². The molecule has 1 aliphatic heterocycles. The van der Waals surface area contributed by atoms with Crippen molar-refractivity contribution in [2.24, 2.45) is 5.92 Å². The Morgan fingerprint density at radius 2 is 1.69 bits per heavy atom. The van der Waals surface area contributed by atoms with Crippen molar-refractivity contribution in [1.82, 2.24) is 0 Å². The third-order valence-electron chi connectivity index (χ3n) is 3.61. The smallest absolute Gasteiger partial charge is 0.0471 e. The van der Waals surface area contributed by atoms with Crippen molar-refractivity contribution >= 4 is 0 Å². The minimum Gasteiger partial charge on any atom is -0.381 e. The van der Waals surface area contributed by atoms with E-state index in [1.54, 1.807) is 0 Å². The SMILES string of the molecule is C=C(C)/C(C)=C(C)\C(=C/C)C1CCOCC1. The van der Waals surface area contributed by atoms with Gasteiger partial charge in [-0.15, -0.1) is 0 Å². The Labute approximate surface area is 99.9 Å². The summed E-state index contributed by atoms with van der Waals surface area (Å²) in [7, 11) is 0. The highest BCUT2D eigenvalue weighted by Crippen LogP contribution is 2.31. The lowest BCUT2D eigenvalue weighted by molar-refractivity contribution is 0.0762. The van der Waals surface area contributed by atoms with Crippen molar-refractivity contribution in [3.63, 3.8) is 0 Å². The van der Waals surface area contributed by atoms with E-state index in [0.29, 0.717) is 5.92 Å². The molecule has 0 aromatic carbocycles. The van der Waals surface area contributed by atoms with E-state index in [1.165, 1.54) is 22.3 Å². The second-order valence-electron chi connectivity index (χ2n) is 4.66. The standard InChI is InChI=1S/C15H24O/c1-6-15(13(5)12(4)11(2)3)14-7-9-16-10-8-14/h6,14H,2,7-10H2,1,3-5H3/b13-12-,15-6+. The van der Waals surface area contributed by atoms with Crippen molar-refractivity contribution < 1.29 is 4.74 Å². The molecule has 0 bridgehead atoms. The summed E-state index contributed by atoms with van der Waals surface area (Å²) in [5.41, 5.74) is 5.40. The van der Waals surface area contributed by atoms with E-state index in [1.807, 2.05) is 0 Å². The topological polar surface area (TPSA) is 9.23 Å². The third kappa shape index (κ3) is 3.08. The number of ether oxygens (including phenoxy) is 1. The second-order valence-corrected chi connectivity index (χ2v) is 4.66. The van der Waals surface area contributed by atoms with Crippen LogP contribution < -0.4 is 0 Å². The summed E-state index contributed by atoms with van der Waals surface area (Å²) in [5, 5.41) is 0. The molecule has 0 radical (unpaired) electrons. The molecular weight excluding hydrogens is 196 g/mol. The predicted octanol–water partition coefficient (Wildman–Crippen LogP) is 4.27. The molecule has 0 unspecified atom stereocenters. The average molecular weight is 220 g/mol. The zero-order chi connectivity index (χ0) is 12.1. The van der Waals surface area contributed by atoms with Crippen LogP contribution >= 0.6 is 0 Å². The van der Waals surface area contributed by atoms with Gasteiger partial charge in [-0.25, -0.2) is 0 Å². The van der Waals surface area contributed by atoms with Crippen LogP contribution in [0.15, 0.2) is 34.9 Å². The number of hydrogen-bond donors (Lipinski definition) is 0. The summed E-state index contributed by atoms with van der Waals surface area (Å²) >= 11 is 0. The molecule has 0 amide bonds. The van der Waals surface area contributed by atoms with Gasteiger partial charge in [0.25, 0.3) is 0 Å². The predicted molar refractivity (Wildman–Crippen MR) is 70.5 cm³/mol. The Bertz CT molecular complexity index is 314. The summed E-state index contributed by atoms with van der Waals surface area (Å²) in [4.78, 5) is 0. The molecule has 0 saturated carbocycles. The van der Waals surface area contributed by atoms with Crippen LogP contribution in [0.2, 0.25) is 0 Å². The minimum absolute atomic E-state index is 0.674. The molecule has 0 atom stereocenters. The Hall–Kier alpha value is -0.820. The van der Waals surface area contributed by atoms with Crippen LogP contribution in [0.1, 0.15) is 40.5 Å². The van der Waals surface area contributed by atoms with Gasteiger partial charge in [0, 0.05) is 13.2 Å². The van der Waals surface area contributed by atoms with Crippen LogP contribution in [0.5, 0.6) is 0 Å². The number of allylic oxidation sites excluding steroid dienone is 5. The third-order valence-corrected chi connectivity index (χ3v) is 3.61. The number of rotatable bonds is 3. The number of hydrogen-bond acceptors (Lipinski definition) is 1.